The van der Waals surface area contributed by atoms with E-state index >= 15 is 0 Å². The monoisotopic (exact) mass is 479 g/mol. The van der Waals surface area contributed by atoms with Gasteiger partial charge in [-0.2, -0.15) is 0 Å². The zero-order valence-corrected chi connectivity index (χ0v) is 17.8. The van der Waals surface area contributed by atoms with Crippen LogP contribution in [0.25, 0.3) is 21.8 Å². The summed E-state index contributed by atoms with van der Waals surface area (Å²) in [5, 5.41) is 24.5. The van der Waals surface area contributed by atoms with Gasteiger partial charge >= 0.3 is 0 Å². The molecule has 1 fully saturated rings. The molecule has 5 heterocycles. The summed E-state index contributed by atoms with van der Waals surface area (Å²) in [6, 6.07) is 4.67. The number of imidazole rings is 1. The number of rotatable bonds is 6. The van der Waals surface area contributed by atoms with Gasteiger partial charge in [-0.1, -0.05) is 5.16 Å². The Morgan fingerprint density at radius 3 is 2.81 bits per heavy atom. The topological polar surface area (TPSA) is 192 Å². The summed E-state index contributed by atoms with van der Waals surface area (Å²) in [5.41, 5.74) is 6.41. The lowest BCUT2D eigenvalue weighted by Gasteiger charge is -2.16. The summed E-state index contributed by atoms with van der Waals surface area (Å²) in [7, 11) is -3.89. The lowest BCUT2D eigenvalue weighted by Crippen LogP contribution is -2.39. The minimum Gasteiger partial charge on any atom is -0.387 e. The number of ether oxygens (including phenoxy) is 1. The number of anilines is 1. The fourth-order valence-corrected chi connectivity index (χ4v) is 5.74. The van der Waals surface area contributed by atoms with Gasteiger partial charge in [-0.15, -0.1) is 11.3 Å². The van der Waals surface area contributed by atoms with Gasteiger partial charge in [-0.3, -0.25) is 4.57 Å². The molecule has 32 heavy (non-hydrogen) atoms. The van der Waals surface area contributed by atoms with Crippen LogP contribution in [-0.2, 0) is 14.8 Å². The third kappa shape index (κ3) is 3.54. The first-order valence-electron chi connectivity index (χ1n) is 9.30. The van der Waals surface area contributed by atoms with Crippen molar-refractivity contribution in [1.82, 2.24) is 29.4 Å². The third-order valence-electron chi connectivity index (χ3n) is 5.00. The molecule has 0 aromatic carbocycles. The number of thiophene rings is 1. The SMILES string of the molecule is Nc1ncnc2c1ncn2[C@@H]1O[C@H](CNS(=O)(=O)c2ccc(-c3ccno3)s2)[C@@H](O)[C@H]1O. The van der Waals surface area contributed by atoms with Gasteiger partial charge < -0.3 is 25.2 Å². The van der Waals surface area contributed by atoms with E-state index in [1.807, 2.05) is 0 Å². The predicted octanol–water partition coefficient (Wildman–Crippen LogP) is -0.277. The Morgan fingerprint density at radius 2 is 2.03 bits per heavy atom. The van der Waals surface area contributed by atoms with Gasteiger partial charge in [0.1, 0.15) is 34.4 Å². The highest BCUT2D eigenvalue weighted by Gasteiger charge is 2.44. The molecule has 13 nitrogen and oxygen atoms in total. The highest BCUT2D eigenvalue weighted by Crippen LogP contribution is 2.33. The Kier molecular flexibility index (Phi) is 5.15. The number of aromatic nitrogens is 5. The molecule has 0 unspecified atom stereocenters. The van der Waals surface area contributed by atoms with E-state index < -0.39 is 34.6 Å². The molecule has 1 saturated heterocycles. The molecule has 4 atom stereocenters. The van der Waals surface area contributed by atoms with Crippen LogP contribution < -0.4 is 10.5 Å². The number of nitrogen functional groups attached to an aromatic ring is 1. The van der Waals surface area contributed by atoms with Gasteiger partial charge in [0, 0.05) is 12.6 Å². The maximum Gasteiger partial charge on any atom is 0.250 e. The van der Waals surface area contributed by atoms with Gasteiger partial charge in [0.2, 0.25) is 10.0 Å². The molecule has 1 aliphatic rings. The molecule has 0 amide bonds. The van der Waals surface area contributed by atoms with Crippen molar-refractivity contribution in [3.63, 3.8) is 0 Å². The minimum atomic E-state index is -3.89. The molecule has 0 radical (unpaired) electrons. The fourth-order valence-electron chi connectivity index (χ4n) is 3.39. The van der Waals surface area contributed by atoms with E-state index in [1.54, 1.807) is 12.1 Å². The number of nitrogens with one attached hydrogen (secondary N) is 1. The van der Waals surface area contributed by atoms with Crippen LogP contribution in [0.4, 0.5) is 5.82 Å². The van der Waals surface area contributed by atoms with Crippen molar-refractivity contribution < 1.29 is 27.9 Å². The Morgan fingerprint density at radius 1 is 1.19 bits per heavy atom. The van der Waals surface area contributed by atoms with E-state index in [9.17, 15) is 18.6 Å². The van der Waals surface area contributed by atoms with Crippen LogP contribution >= 0.6 is 11.3 Å². The first-order chi connectivity index (χ1) is 15.3. The molecule has 1 aliphatic heterocycles. The lowest BCUT2D eigenvalue weighted by molar-refractivity contribution is -0.0330. The second-order valence-corrected chi connectivity index (χ2v) is 10.1. The Hall–Kier alpha value is -2.95. The van der Waals surface area contributed by atoms with Crippen molar-refractivity contribution in [1.29, 1.82) is 0 Å². The molecule has 5 N–H and O–H groups in total. The Labute approximate surface area is 184 Å². The van der Waals surface area contributed by atoms with Crippen LogP contribution in [0.5, 0.6) is 0 Å². The smallest absolute Gasteiger partial charge is 0.250 e. The van der Waals surface area contributed by atoms with Crippen molar-refractivity contribution >= 4 is 38.3 Å². The largest absolute Gasteiger partial charge is 0.387 e. The molecule has 0 saturated carbocycles. The Balaban J connectivity index is 1.31. The summed E-state index contributed by atoms with van der Waals surface area (Å²) < 4.78 is 40.0. The first-order valence-corrected chi connectivity index (χ1v) is 11.6. The average Bonchev–Trinajstić information content (AvgIpc) is 3.55. The average molecular weight is 480 g/mol. The number of sulfonamides is 1. The van der Waals surface area contributed by atoms with Gasteiger partial charge in [-0.05, 0) is 12.1 Å². The van der Waals surface area contributed by atoms with Crippen molar-refractivity contribution in [2.24, 2.45) is 0 Å². The standard InChI is InChI=1S/C17H17N7O6S2/c18-15-12-16(20-6-19-15)24(7-21-12)17-14(26)13(25)9(29-17)5-23-32(27,28)11-2-1-10(31-11)8-3-4-22-30-8/h1-4,6-7,9,13-14,17,23,25-26H,5H2,(H2,18,19,20)/t9-,13-,14-,17-/m1/s1. The lowest BCUT2D eigenvalue weighted by atomic mass is 10.1. The van der Waals surface area contributed by atoms with Crippen LogP contribution in [0.15, 0.2) is 45.8 Å². The summed E-state index contributed by atoms with van der Waals surface area (Å²) in [5.74, 6) is 0.612. The molecule has 4 aromatic heterocycles. The number of nitrogens with two attached hydrogens (primary N) is 1. The summed E-state index contributed by atoms with van der Waals surface area (Å²) in [4.78, 5) is 12.7. The zero-order valence-electron chi connectivity index (χ0n) is 16.1. The van der Waals surface area contributed by atoms with E-state index in [0.29, 0.717) is 21.8 Å². The molecule has 0 bridgehead atoms. The third-order valence-corrected chi connectivity index (χ3v) is 8.02. The van der Waals surface area contributed by atoms with Crippen molar-refractivity contribution in [2.75, 3.05) is 12.3 Å². The Bertz CT molecular complexity index is 1350. The van der Waals surface area contributed by atoms with Gasteiger partial charge in [-0.25, -0.2) is 28.1 Å². The highest BCUT2D eigenvalue weighted by atomic mass is 32.2. The van der Waals surface area contributed by atoms with Crippen molar-refractivity contribution in [3.8, 4) is 10.6 Å². The first kappa shape index (κ1) is 20.9. The maximum absolute atomic E-state index is 12.7. The molecular weight excluding hydrogens is 462 g/mol. The number of aliphatic hydroxyl groups excluding tert-OH is 2. The molecule has 4 aromatic rings. The van der Waals surface area contributed by atoms with Crippen LogP contribution in [0.3, 0.4) is 0 Å². The quantitative estimate of drug-likeness (QED) is 0.284. The van der Waals surface area contributed by atoms with Gasteiger partial charge in [0.25, 0.3) is 0 Å². The maximum atomic E-state index is 12.7. The molecule has 5 rings (SSSR count). The molecular formula is C17H17N7O6S2. The van der Waals surface area contributed by atoms with E-state index in [2.05, 4.69) is 24.8 Å². The number of nitrogens with zero attached hydrogens (tertiary/aromatic N) is 5. The number of aliphatic hydroxyl groups is 2. The molecule has 15 heteroatoms. The van der Waals surface area contributed by atoms with Crippen LogP contribution in [0.2, 0.25) is 0 Å². The summed E-state index contributed by atoms with van der Waals surface area (Å²) in [6.45, 7) is -0.268. The highest BCUT2D eigenvalue weighted by molar-refractivity contribution is 7.91. The molecule has 0 spiro atoms. The predicted molar refractivity (Wildman–Crippen MR) is 111 cm³/mol. The molecule has 168 valence electrons. The van der Waals surface area contributed by atoms with Crippen molar-refractivity contribution in [2.45, 2.75) is 28.7 Å². The summed E-state index contributed by atoms with van der Waals surface area (Å²) >= 11 is 1.01. The number of hydrogen-bond acceptors (Lipinski definition) is 12. The van der Waals surface area contributed by atoms with Gasteiger partial charge in [0.05, 0.1) is 17.4 Å². The van der Waals surface area contributed by atoms with E-state index in [1.165, 1.54) is 29.5 Å². The fraction of sp³-hybridized carbons (Fsp3) is 0.294. The van der Waals surface area contributed by atoms with E-state index in [-0.39, 0.29) is 16.6 Å². The second-order valence-electron chi connectivity index (χ2n) is 6.98. The van der Waals surface area contributed by atoms with E-state index in [4.69, 9.17) is 15.0 Å². The van der Waals surface area contributed by atoms with Crippen molar-refractivity contribution in [3.05, 3.63) is 37.1 Å². The zero-order chi connectivity index (χ0) is 22.5. The molecule has 0 aliphatic carbocycles. The van der Waals surface area contributed by atoms with Crippen LogP contribution in [0, 0.1) is 0 Å². The minimum absolute atomic E-state index is 0.0567. The van der Waals surface area contributed by atoms with E-state index in [0.717, 1.165) is 11.3 Å². The normalized spacial score (nSPS) is 23.8. The number of fused-ring (bicyclic) bond motifs is 1. The van der Waals surface area contributed by atoms with Crippen LogP contribution in [0.1, 0.15) is 6.23 Å². The summed E-state index contributed by atoms with van der Waals surface area (Å²) in [6.07, 6.45) is -0.697. The second kappa shape index (κ2) is 7.88. The van der Waals surface area contributed by atoms with Crippen LogP contribution in [-0.4, -0.2) is 68.2 Å². The van der Waals surface area contributed by atoms with Gasteiger partial charge in [0.15, 0.2) is 23.5 Å². The number of hydrogen-bond donors (Lipinski definition) is 4.